The number of rotatable bonds is 3. The maximum atomic E-state index is 6.40. The van der Waals surface area contributed by atoms with Crippen LogP contribution in [0.25, 0.3) is 22.0 Å². The maximum absolute atomic E-state index is 6.40. The van der Waals surface area contributed by atoms with Crippen molar-refractivity contribution in [2.24, 2.45) is 5.73 Å². The SMILES string of the molecule is Cc1ccc(C(N)c2nc(-c3ccc4ccccc4c3)cs2)cc1. The van der Waals surface area contributed by atoms with E-state index in [1.54, 1.807) is 11.3 Å². The van der Waals surface area contributed by atoms with Crippen LogP contribution in [0.2, 0.25) is 0 Å². The highest BCUT2D eigenvalue weighted by Crippen LogP contribution is 2.29. The van der Waals surface area contributed by atoms with Gasteiger partial charge < -0.3 is 5.73 Å². The minimum absolute atomic E-state index is 0.176. The van der Waals surface area contributed by atoms with Crippen molar-refractivity contribution in [3.8, 4) is 11.3 Å². The summed E-state index contributed by atoms with van der Waals surface area (Å²) in [5.41, 5.74) is 10.9. The van der Waals surface area contributed by atoms with Gasteiger partial charge in [-0.15, -0.1) is 11.3 Å². The predicted octanol–water partition coefficient (Wildman–Crippen LogP) is 5.32. The molecule has 4 rings (SSSR count). The van der Waals surface area contributed by atoms with Gasteiger partial charge >= 0.3 is 0 Å². The Labute approximate surface area is 145 Å². The van der Waals surface area contributed by atoms with E-state index >= 15 is 0 Å². The van der Waals surface area contributed by atoms with Crippen molar-refractivity contribution >= 4 is 22.1 Å². The zero-order chi connectivity index (χ0) is 16.5. The number of nitrogens with two attached hydrogens (primary N) is 1. The first kappa shape index (κ1) is 15.1. The van der Waals surface area contributed by atoms with Crippen LogP contribution in [0.15, 0.2) is 72.1 Å². The lowest BCUT2D eigenvalue weighted by Gasteiger charge is -2.09. The first-order chi connectivity index (χ1) is 11.7. The number of aryl methyl sites for hydroxylation is 1. The molecule has 1 heterocycles. The van der Waals surface area contributed by atoms with Crippen molar-refractivity contribution in [3.63, 3.8) is 0 Å². The second-order valence-electron chi connectivity index (χ2n) is 6.02. The number of nitrogens with zero attached hydrogens (tertiary/aromatic N) is 1. The summed E-state index contributed by atoms with van der Waals surface area (Å²) >= 11 is 1.62. The van der Waals surface area contributed by atoms with E-state index in [1.807, 2.05) is 0 Å². The lowest BCUT2D eigenvalue weighted by atomic mass is 10.1. The predicted molar refractivity (Wildman–Crippen MR) is 102 cm³/mol. The van der Waals surface area contributed by atoms with Crippen LogP contribution in [-0.4, -0.2) is 4.98 Å². The highest BCUT2D eigenvalue weighted by atomic mass is 32.1. The molecule has 24 heavy (non-hydrogen) atoms. The Morgan fingerprint density at radius 2 is 1.67 bits per heavy atom. The normalized spacial score (nSPS) is 12.4. The summed E-state index contributed by atoms with van der Waals surface area (Å²) in [6.07, 6.45) is 0. The summed E-state index contributed by atoms with van der Waals surface area (Å²) in [5, 5.41) is 5.51. The van der Waals surface area contributed by atoms with Gasteiger partial charge in [-0.25, -0.2) is 4.98 Å². The molecule has 4 aromatic rings. The highest BCUT2D eigenvalue weighted by molar-refractivity contribution is 7.10. The van der Waals surface area contributed by atoms with Crippen LogP contribution in [0, 0.1) is 6.92 Å². The Bertz CT molecular complexity index is 986. The molecule has 0 bridgehead atoms. The summed E-state index contributed by atoms with van der Waals surface area (Å²) in [6.45, 7) is 2.08. The lowest BCUT2D eigenvalue weighted by Crippen LogP contribution is -2.11. The molecule has 0 radical (unpaired) electrons. The minimum atomic E-state index is -0.176. The van der Waals surface area contributed by atoms with Gasteiger partial charge in [-0.05, 0) is 29.3 Å². The molecule has 3 heteroatoms. The van der Waals surface area contributed by atoms with E-state index in [2.05, 4.69) is 79.0 Å². The first-order valence-corrected chi connectivity index (χ1v) is 8.85. The number of fused-ring (bicyclic) bond motifs is 1. The summed E-state index contributed by atoms with van der Waals surface area (Å²) < 4.78 is 0. The van der Waals surface area contributed by atoms with Crippen molar-refractivity contribution < 1.29 is 0 Å². The third kappa shape index (κ3) is 2.84. The fraction of sp³-hybridized carbons (Fsp3) is 0.0952. The molecule has 0 aliphatic rings. The van der Waals surface area contributed by atoms with Crippen molar-refractivity contribution in [2.45, 2.75) is 13.0 Å². The number of thiazole rings is 1. The van der Waals surface area contributed by atoms with Crippen molar-refractivity contribution in [1.82, 2.24) is 4.98 Å². The Balaban J connectivity index is 1.67. The number of hydrogen-bond acceptors (Lipinski definition) is 3. The molecule has 0 aliphatic heterocycles. The standard InChI is InChI=1S/C21H18N2S/c1-14-6-8-16(9-7-14)20(22)21-23-19(13-24-21)18-11-10-15-4-2-3-5-17(15)12-18/h2-13,20H,22H2,1H3. The molecule has 2 N–H and O–H groups in total. The van der Waals surface area contributed by atoms with E-state index < -0.39 is 0 Å². The topological polar surface area (TPSA) is 38.9 Å². The number of hydrogen-bond donors (Lipinski definition) is 1. The molecule has 0 spiro atoms. The first-order valence-electron chi connectivity index (χ1n) is 7.97. The molecule has 118 valence electrons. The van der Waals surface area contributed by atoms with E-state index in [9.17, 15) is 0 Å². The highest BCUT2D eigenvalue weighted by Gasteiger charge is 2.14. The Hall–Kier alpha value is -2.49. The molecule has 3 aromatic carbocycles. The smallest absolute Gasteiger partial charge is 0.115 e. The molecule has 1 unspecified atom stereocenters. The molecule has 0 fully saturated rings. The molecule has 0 saturated carbocycles. The Morgan fingerprint density at radius 3 is 2.46 bits per heavy atom. The second-order valence-corrected chi connectivity index (χ2v) is 6.91. The van der Waals surface area contributed by atoms with Crippen molar-refractivity contribution in [1.29, 1.82) is 0 Å². The van der Waals surface area contributed by atoms with Gasteiger partial charge in [-0.3, -0.25) is 0 Å². The maximum Gasteiger partial charge on any atom is 0.115 e. The summed E-state index contributed by atoms with van der Waals surface area (Å²) in [4.78, 5) is 4.78. The molecule has 0 aliphatic carbocycles. The lowest BCUT2D eigenvalue weighted by molar-refractivity contribution is 0.858. The van der Waals surface area contributed by atoms with Gasteiger partial charge in [0.15, 0.2) is 0 Å². The van der Waals surface area contributed by atoms with Gasteiger partial charge in [0.05, 0.1) is 11.7 Å². The largest absolute Gasteiger partial charge is 0.318 e. The molecular weight excluding hydrogens is 312 g/mol. The van der Waals surface area contributed by atoms with Crippen LogP contribution in [0.1, 0.15) is 22.2 Å². The van der Waals surface area contributed by atoms with Crippen LogP contribution in [0.4, 0.5) is 0 Å². The van der Waals surface area contributed by atoms with Gasteiger partial charge in [0, 0.05) is 10.9 Å². The average Bonchev–Trinajstić information content (AvgIpc) is 3.11. The van der Waals surface area contributed by atoms with Crippen LogP contribution in [0.3, 0.4) is 0 Å². The van der Waals surface area contributed by atoms with Crippen LogP contribution >= 0.6 is 11.3 Å². The van der Waals surface area contributed by atoms with E-state index in [0.717, 1.165) is 21.8 Å². The summed E-state index contributed by atoms with van der Waals surface area (Å²) in [6, 6.07) is 23.0. The quantitative estimate of drug-likeness (QED) is 0.552. The van der Waals surface area contributed by atoms with Crippen molar-refractivity contribution in [2.75, 3.05) is 0 Å². The molecule has 1 aromatic heterocycles. The van der Waals surface area contributed by atoms with Gasteiger partial charge in [-0.1, -0.05) is 66.2 Å². The summed E-state index contributed by atoms with van der Waals surface area (Å²) in [5.74, 6) is 0. The van der Waals surface area contributed by atoms with E-state index in [-0.39, 0.29) is 6.04 Å². The second kappa shape index (κ2) is 6.19. The number of aromatic nitrogens is 1. The third-order valence-corrected chi connectivity index (χ3v) is 5.20. The van der Waals surface area contributed by atoms with E-state index in [0.29, 0.717) is 0 Å². The van der Waals surface area contributed by atoms with Gasteiger partial charge in [0.1, 0.15) is 5.01 Å². The summed E-state index contributed by atoms with van der Waals surface area (Å²) in [7, 11) is 0. The third-order valence-electron chi connectivity index (χ3n) is 4.27. The van der Waals surface area contributed by atoms with Gasteiger partial charge in [-0.2, -0.15) is 0 Å². The zero-order valence-corrected chi connectivity index (χ0v) is 14.3. The Morgan fingerprint density at radius 1 is 0.917 bits per heavy atom. The fourth-order valence-electron chi connectivity index (χ4n) is 2.83. The molecule has 0 saturated heterocycles. The fourth-order valence-corrected chi connectivity index (χ4v) is 3.68. The Kier molecular flexibility index (Phi) is 3.89. The molecule has 2 nitrogen and oxygen atoms in total. The molecule has 0 amide bonds. The van der Waals surface area contributed by atoms with Crippen LogP contribution in [0.5, 0.6) is 0 Å². The number of benzene rings is 3. The van der Waals surface area contributed by atoms with Gasteiger partial charge in [0.25, 0.3) is 0 Å². The minimum Gasteiger partial charge on any atom is -0.318 e. The average molecular weight is 330 g/mol. The van der Waals surface area contributed by atoms with E-state index in [1.165, 1.54) is 16.3 Å². The van der Waals surface area contributed by atoms with Crippen molar-refractivity contribution in [3.05, 3.63) is 88.2 Å². The van der Waals surface area contributed by atoms with E-state index in [4.69, 9.17) is 10.7 Å². The molecule has 1 atom stereocenters. The molecular formula is C21H18N2S. The zero-order valence-electron chi connectivity index (χ0n) is 13.4. The van der Waals surface area contributed by atoms with Gasteiger partial charge in [0.2, 0.25) is 0 Å². The van der Waals surface area contributed by atoms with Crippen LogP contribution < -0.4 is 5.73 Å². The monoisotopic (exact) mass is 330 g/mol. The van der Waals surface area contributed by atoms with Crippen LogP contribution in [-0.2, 0) is 0 Å².